The lowest BCUT2D eigenvalue weighted by atomic mass is 10.2. The van der Waals surface area contributed by atoms with E-state index in [-0.39, 0.29) is 0 Å². The van der Waals surface area contributed by atoms with E-state index in [0.717, 1.165) is 5.69 Å². The zero-order valence-electron chi connectivity index (χ0n) is 12.1. The van der Waals surface area contributed by atoms with Crippen LogP contribution in [0.15, 0.2) is 48.5 Å². The van der Waals surface area contributed by atoms with E-state index in [0.29, 0.717) is 15.6 Å². The van der Waals surface area contributed by atoms with E-state index in [1.807, 2.05) is 30.3 Å². The molecule has 0 heterocycles. The first-order chi connectivity index (χ1) is 10.5. The Kier molecular flexibility index (Phi) is 5.90. The van der Waals surface area contributed by atoms with Crippen molar-refractivity contribution in [1.82, 2.24) is 0 Å². The molecule has 2 aromatic rings. The standard InChI is InChI=1S/C15H16Cl2NO3P/c1-20-22(19,21-2)15(18-11-7-4-3-5-8-11)14-12(16)9-6-10-13(14)17/h3-10,15,18H,1-2H3. The molecule has 1 unspecified atom stereocenters. The van der Waals surface area contributed by atoms with Crippen molar-refractivity contribution < 1.29 is 13.6 Å². The molecule has 2 rings (SSSR count). The van der Waals surface area contributed by atoms with Gasteiger partial charge < -0.3 is 14.4 Å². The van der Waals surface area contributed by atoms with Crippen molar-refractivity contribution in [3.05, 3.63) is 64.1 Å². The summed E-state index contributed by atoms with van der Waals surface area (Å²) >= 11 is 12.5. The minimum atomic E-state index is -3.51. The zero-order chi connectivity index (χ0) is 16.2. The van der Waals surface area contributed by atoms with E-state index >= 15 is 0 Å². The SMILES string of the molecule is COP(=O)(OC)C(Nc1ccccc1)c1c(Cl)cccc1Cl. The van der Waals surface area contributed by atoms with Crippen LogP contribution in [0.5, 0.6) is 0 Å². The van der Waals surface area contributed by atoms with Gasteiger partial charge in [-0.05, 0) is 24.3 Å². The number of anilines is 1. The highest BCUT2D eigenvalue weighted by molar-refractivity contribution is 7.54. The van der Waals surface area contributed by atoms with Gasteiger partial charge >= 0.3 is 7.60 Å². The van der Waals surface area contributed by atoms with Crippen LogP contribution in [0.25, 0.3) is 0 Å². The maximum absolute atomic E-state index is 12.9. The first kappa shape index (κ1) is 17.3. The van der Waals surface area contributed by atoms with E-state index in [2.05, 4.69) is 5.32 Å². The largest absolute Gasteiger partial charge is 0.368 e. The summed E-state index contributed by atoms with van der Waals surface area (Å²) in [5, 5.41) is 3.91. The van der Waals surface area contributed by atoms with Gasteiger partial charge in [0.2, 0.25) is 0 Å². The van der Waals surface area contributed by atoms with Crippen molar-refractivity contribution >= 4 is 36.5 Å². The van der Waals surface area contributed by atoms with E-state index in [9.17, 15) is 4.57 Å². The fourth-order valence-electron chi connectivity index (χ4n) is 2.06. The van der Waals surface area contributed by atoms with Gasteiger partial charge in [-0.15, -0.1) is 0 Å². The van der Waals surface area contributed by atoms with Crippen molar-refractivity contribution in [2.24, 2.45) is 0 Å². The highest BCUT2D eigenvalue weighted by Crippen LogP contribution is 2.61. The van der Waals surface area contributed by atoms with Gasteiger partial charge in [0.25, 0.3) is 0 Å². The topological polar surface area (TPSA) is 47.6 Å². The Morgan fingerprint density at radius 3 is 2.00 bits per heavy atom. The minimum Gasteiger partial charge on any atom is -0.368 e. The monoisotopic (exact) mass is 359 g/mol. The lowest BCUT2D eigenvalue weighted by molar-refractivity contribution is 0.268. The number of benzene rings is 2. The van der Waals surface area contributed by atoms with E-state index in [4.69, 9.17) is 32.2 Å². The lowest BCUT2D eigenvalue weighted by Gasteiger charge is -2.27. The molecule has 0 amide bonds. The summed E-state index contributed by atoms with van der Waals surface area (Å²) in [6, 6.07) is 14.4. The van der Waals surface area contributed by atoms with Crippen LogP contribution in [0.3, 0.4) is 0 Å². The smallest absolute Gasteiger partial charge is 0.356 e. The molecule has 0 radical (unpaired) electrons. The summed E-state index contributed by atoms with van der Waals surface area (Å²) in [5.41, 5.74) is 1.22. The fourth-order valence-corrected chi connectivity index (χ4v) is 4.30. The van der Waals surface area contributed by atoms with Crippen LogP contribution in [0, 0.1) is 0 Å². The molecular formula is C15H16Cl2NO3P. The van der Waals surface area contributed by atoms with Crippen LogP contribution in [0.2, 0.25) is 10.0 Å². The van der Waals surface area contributed by atoms with Crippen molar-refractivity contribution in [2.45, 2.75) is 5.78 Å². The summed E-state index contributed by atoms with van der Waals surface area (Å²) < 4.78 is 23.2. The fraction of sp³-hybridized carbons (Fsp3) is 0.200. The molecule has 22 heavy (non-hydrogen) atoms. The molecule has 1 atom stereocenters. The second-order valence-corrected chi connectivity index (χ2v) is 7.59. The second kappa shape index (κ2) is 7.49. The third kappa shape index (κ3) is 3.65. The van der Waals surface area contributed by atoms with Gasteiger partial charge in [-0.1, -0.05) is 47.5 Å². The number of hydrogen-bond acceptors (Lipinski definition) is 4. The molecule has 0 bridgehead atoms. The van der Waals surface area contributed by atoms with Crippen molar-refractivity contribution in [1.29, 1.82) is 0 Å². The quantitative estimate of drug-likeness (QED) is 0.682. The number of rotatable bonds is 6. The molecule has 0 aliphatic heterocycles. The predicted molar refractivity (Wildman–Crippen MR) is 90.9 cm³/mol. The molecule has 2 aromatic carbocycles. The minimum absolute atomic E-state index is 0.384. The van der Waals surface area contributed by atoms with Crippen LogP contribution in [-0.4, -0.2) is 14.2 Å². The number of para-hydroxylation sites is 1. The Labute approximate surface area is 139 Å². The average molecular weight is 360 g/mol. The summed E-state index contributed by atoms with van der Waals surface area (Å²) in [6.45, 7) is 0. The number of halogens is 2. The summed E-state index contributed by atoms with van der Waals surface area (Å²) in [7, 11) is -0.856. The van der Waals surface area contributed by atoms with Crippen molar-refractivity contribution in [3.63, 3.8) is 0 Å². The Bertz CT molecular complexity index is 653. The second-order valence-electron chi connectivity index (χ2n) is 4.45. The number of nitrogens with one attached hydrogen (secondary N) is 1. The number of hydrogen-bond donors (Lipinski definition) is 1. The Balaban J connectivity index is 2.53. The first-order valence-corrected chi connectivity index (χ1v) is 8.85. The molecule has 0 saturated heterocycles. The molecule has 7 heteroatoms. The first-order valence-electron chi connectivity index (χ1n) is 6.48. The van der Waals surface area contributed by atoms with Crippen molar-refractivity contribution in [2.75, 3.05) is 19.5 Å². The highest BCUT2D eigenvalue weighted by Gasteiger charge is 2.38. The van der Waals surface area contributed by atoms with Gasteiger partial charge in [-0.3, -0.25) is 4.57 Å². The Morgan fingerprint density at radius 2 is 1.50 bits per heavy atom. The normalized spacial score (nSPS) is 12.9. The van der Waals surface area contributed by atoms with Crippen LogP contribution < -0.4 is 5.32 Å². The molecule has 0 fully saturated rings. The molecule has 0 spiro atoms. The molecule has 4 nitrogen and oxygen atoms in total. The average Bonchev–Trinajstić information content (AvgIpc) is 2.54. The zero-order valence-corrected chi connectivity index (χ0v) is 14.5. The third-order valence-electron chi connectivity index (χ3n) is 3.18. The molecule has 118 valence electrons. The van der Waals surface area contributed by atoms with Gasteiger partial charge in [0, 0.05) is 35.5 Å². The maximum Gasteiger partial charge on any atom is 0.356 e. The molecule has 0 saturated carbocycles. The third-order valence-corrected chi connectivity index (χ3v) is 5.87. The predicted octanol–water partition coefficient (Wildman–Crippen LogP) is 5.59. The van der Waals surface area contributed by atoms with Crippen LogP contribution in [-0.2, 0) is 13.6 Å². The van der Waals surface area contributed by atoms with E-state index < -0.39 is 13.4 Å². The van der Waals surface area contributed by atoms with Gasteiger partial charge in [0.05, 0.1) is 0 Å². The highest BCUT2D eigenvalue weighted by atomic mass is 35.5. The van der Waals surface area contributed by atoms with Gasteiger partial charge in [0.15, 0.2) is 5.78 Å². The molecule has 0 aliphatic carbocycles. The molecule has 1 N–H and O–H groups in total. The van der Waals surface area contributed by atoms with Gasteiger partial charge in [-0.2, -0.15) is 0 Å². The van der Waals surface area contributed by atoms with Crippen LogP contribution in [0.1, 0.15) is 11.3 Å². The van der Waals surface area contributed by atoms with Gasteiger partial charge in [0.1, 0.15) is 0 Å². The maximum atomic E-state index is 12.9. The van der Waals surface area contributed by atoms with Crippen molar-refractivity contribution in [3.8, 4) is 0 Å². The summed E-state index contributed by atoms with van der Waals surface area (Å²) in [5.74, 6) is -0.828. The summed E-state index contributed by atoms with van der Waals surface area (Å²) in [6.07, 6.45) is 0. The Hall–Kier alpha value is -1.03. The molecule has 0 aromatic heterocycles. The Morgan fingerprint density at radius 1 is 0.955 bits per heavy atom. The van der Waals surface area contributed by atoms with E-state index in [1.165, 1.54) is 14.2 Å². The lowest BCUT2D eigenvalue weighted by Crippen LogP contribution is -2.14. The van der Waals surface area contributed by atoms with Crippen LogP contribution in [0.4, 0.5) is 5.69 Å². The molecule has 0 aliphatic rings. The summed E-state index contributed by atoms with van der Waals surface area (Å²) in [4.78, 5) is 0. The van der Waals surface area contributed by atoms with E-state index in [1.54, 1.807) is 18.2 Å². The van der Waals surface area contributed by atoms with Crippen LogP contribution >= 0.6 is 30.8 Å². The van der Waals surface area contributed by atoms with Gasteiger partial charge in [-0.25, -0.2) is 0 Å². The molecular weight excluding hydrogens is 344 g/mol.